The van der Waals surface area contributed by atoms with E-state index in [1.165, 1.54) is 6.07 Å². The number of nitrogens with zero attached hydrogens (tertiary/aromatic N) is 2. The van der Waals surface area contributed by atoms with Gasteiger partial charge in [-0.15, -0.1) is 0 Å². The van der Waals surface area contributed by atoms with Gasteiger partial charge in [0, 0.05) is 39.7 Å². The average molecular weight is 501 g/mol. The Morgan fingerprint density at radius 3 is 2.78 bits per heavy atom. The SMILES string of the molecule is Cc1cc2c(-c3ccc[nH]c3=O)c(C(=O)NC3CC3)n(Cc3cc4ccccc4nc3Cl)c2cc1F. The van der Waals surface area contributed by atoms with Gasteiger partial charge in [-0.25, -0.2) is 9.37 Å². The lowest BCUT2D eigenvalue weighted by molar-refractivity contribution is 0.0943. The molecule has 0 radical (unpaired) electrons. The standard InChI is InChI=1S/C28H22ClFN4O2/c1-15-11-20-23(13-21(15)30)34(14-17-12-16-5-2-3-7-22(16)33-26(17)29)25(28(36)32-18-8-9-18)24(20)19-6-4-10-31-27(19)35/h2-7,10-13,18H,8-9,14H2,1H3,(H,31,35)(H,32,36). The number of carbonyl (C=O) groups is 1. The molecule has 1 aliphatic carbocycles. The van der Waals surface area contributed by atoms with Gasteiger partial charge in [0.15, 0.2) is 0 Å². The number of H-pyrrole nitrogens is 1. The van der Waals surface area contributed by atoms with E-state index in [4.69, 9.17) is 11.6 Å². The van der Waals surface area contributed by atoms with Crippen LogP contribution in [0.25, 0.3) is 32.9 Å². The van der Waals surface area contributed by atoms with E-state index in [-0.39, 0.29) is 24.1 Å². The molecule has 3 aromatic heterocycles. The molecular weight excluding hydrogens is 479 g/mol. The molecule has 1 saturated carbocycles. The van der Waals surface area contributed by atoms with Crippen LogP contribution in [0.3, 0.4) is 0 Å². The third kappa shape index (κ3) is 3.85. The number of pyridine rings is 2. The minimum absolute atomic E-state index is 0.0928. The summed E-state index contributed by atoms with van der Waals surface area (Å²) in [6, 6.07) is 16.1. The highest BCUT2D eigenvalue weighted by Gasteiger charge is 2.30. The topological polar surface area (TPSA) is 79.8 Å². The van der Waals surface area contributed by atoms with Crippen molar-refractivity contribution in [3.8, 4) is 11.1 Å². The highest BCUT2D eigenvalue weighted by atomic mass is 35.5. The predicted octanol–water partition coefficient (Wildman–Crippen LogP) is 5.59. The zero-order valence-electron chi connectivity index (χ0n) is 19.4. The minimum Gasteiger partial charge on any atom is -0.348 e. The predicted molar refractivity (Wildman–Crippen MR) is 139 cm³/mol. The van der Waals surface area contributed by atoms with Gasteiger partial charge in [0.2, 0.25) is 0 Å². The summed E-state index contributed by atoms with van der Waals surface area (Å²) >= 11 is 6.58. The molecule has 8 heteroatoms. The fourth-order valence-corrected chi connectivity index (χ4v) is 4.87. The van der Waals surface area contributed by atoms with E-state index in [1.54, 1.807) is 35.9 Å². The zero-order valence-corrected chi connectivity index (χ0v) is 20.2. The molecule has 0 spiro atoms. The second kappa shape index (κ2) is 8.60. The Labute approximate surface area is 210 Å². The fraction of sp³-hybridized carbons (Fsp3) is 0.179. The lowest BCUT2D eigenvalue weighted by atomic mass is 10.0. The number of aromatic nitrogens is 3. The molecule has 0 unspecified atom stereocenters. The van der Waals surface area contributed by atoms with Crippen molar-refractivity contribution in [2.45, 2.75) is 32.4 Å². The molecule has 1 aliphatic rings. The van der Waals surface area contributed by atoms with Crippen molar-refractivity contribution in [3.63, 3.8) is 0 Å². The summed E-state index contributed by atoms with van der Waals surface area (Å²) in [6.45, 7) is 1.84. The largest absolute Gasteiger partial charge is 0.348 e. The molecule has 3 heterocycles. The summed E-state index contributed by atoms with van der Waals surface area (Å²) < 4.78 is 16.6. The average Bonchev–Trinajstić information content (AvgIpc) is 3.62. The Kier molecular flexibility index (Phi) is 5.38. The van der Waals surface area contributed by atoms with Gasteiger partial charge in [-0.3, -0.25) is 9.59 Å². The Morgan fingerprint density at radius 1 is 1.19 bits per heavy atom. The first-order valence-corrected chi connectivity index (χ1v) is 12.1. The number of amides is 1. The molecule has 5 aromatic rings. The molecule has 0 aliphatic heterocycles. The molecule has 6 rings (SSSR count). The second-order valence-corrected chi connectivity index (χ2v) is 9.58. The van der Waals surface area contributed by atoms with E-state index in [2.05, 4.69) is 15.3 Å². The monoisotopic (exact) mass is 500 g/mol. The molecule has 1 fully saturated rings. The number of rotatable bonds is 5. The van der Waals surface area contributed by atoms with Crippen molar-refractivity contribution < 1.29 is 9.18 Å². The molecular formula is C28H22ClFN4O2. The van der Waals surface area contributed by atoms with Crippen LogP contribution in [-0.4, -0.2) is 26.5 Å². The first-order chi connectivity index (χ1) is 17.4. The van der Waals surface area contributed by atoms with E-state index < -0.39 is 5.82 Å². The van der Waals surface area contributed by atoms with Crippen LogP contribution in [0.1, 0.15) is 34.5 Å². The Hall–Kier alpha value is -3.97. The Morgan fingerprint density at radius 2 is 2.00 bits per heavy atom. The van der Waals surface area contributed by atoms with E-state index in [1.807, 2.05) is 30.3 Å². The summed E-state index contributed by atoms with van der Waals surface area (Å²) in [5.74, 6) is -0.707. The first-order valence-electron chi connectivity index (χ1n) is 11.8. The van der Waals surface area contributed by atoms with E-state index in [0.29, 0.717) is 44.0 Å². The maximum atomic E-state index is 14.9. The van der Waals surface area contributed by atoms with Crippen LogP contribution >= 0.6 is 11.6 Å². The van der Waals surface area contributed by atoms with Gasteiger partial charge in [0.25, 0.3) is 11.5 Å². The number of halogens is 2. The smallest absolute Gasteiger partial charge is 0.268 e. The van der Waals surface area contributed by atoms with Crippen molar-refractivity contribution in [2.24, 2.45) is 0 Å². The van der Waals surface area contributed by atoms with Crippen LogP contribution in [0.15, 0.2) is 65.6 Å². The number of aromatic amines is 1. The Balaban J connectivity index is 1.65. The van der Waals surface area contributed by atoms with E-state index in [9.17, 15) is 14.0 Å². The van der Waals surface area contributed by atoms with Gasteiger partial charge in [0.1, 0.15) is 16.7 Å². The molecule has 180 valence electrons. The van der Waals surface area contributed by atoms with Gasteiger partial charge < -0.3 is 14.9 Å². The molecule has 36 heavy (non-hydrogen) atoms. The number of fused-ring (bicyclic) bond motifs is 2. The van der Waals surface area contributed by atoms with Gasteiger partial charge in [0.05, 0.1) is 17.6 Å². The molecule has 2 aromatic carbocycles. The first kappa shape index (κ1) is 22.5. The third-order valence-electron chi connectivity index (χ3n) is 6.64. The van der Waals surface area contributed by atoms with Gasteiger partial charge in [-0.1, -0.05) is 29.8 Å². The molecule has 6 nitrogen and oxygen atoms in total. The van der Waals surface area contributed by atoms with E-state index in [0.717, 1.165) is 23.7 Å². The number of aryl methyl sites for hydroxylation is 1. The van der Waals surface area contributed by atoms with Crippen molar-refractivity contribution in [1.82, 2.24) is 19.9 Å². The number of benzene rings is 2. The molecule has 1 amide bonds. The number of nitrogens with one attached hydrogen (secondary N) is 2. The minimum atomic E-state index is -0.397. The van der Waals surface area contributed by atoms with Gasteiger partial charge in [-0.05, 0) is 61.7 Å². The van der Waals surface area contributed by atoms with Gasteiger partial charge in [-0.2, -0.15) is 0 Å². The lowest BCUT2D eigenvalue weighted by Crippen LogP contribution is -2.29. The van der Waals surface area contributed by atoms with Crippen molar-refractivity contribution in [2.75, 3.05) is 0 Å². The number of hydrogen-bond donors (Lipinski definition) is 2. The quantitative estimate of drug-likeness (QED) is 0.309. The number of para-hydroxylation sites is 1. The highest BCUT2D eigenvalue weighted by Crippen LogP contribution is 2.37. The van der Waals surface area contributed by atoms with Crippen LogP contribution in [0.4, 0.5) is 4.39 Å². The summed E-state index contributed by atoms with van der Waals surface area (Å²) in [7, 11) is 0. The van der Waals surface area contributed by atoms with Crippen molar-refractivity contribution in [1.29, 1.82) is 0 Å². The second-order valence-electron chi connectivity index (χ2n) is 9.22. The number of carbonyl (C=O) groups excluding carboxylic acids is 1. The Bertz CT molecular complexity index is 1740. The van der Waals surface area contributed by atoms with Crippen molar-refractivity contribution >= 4 is 39.3 Å². The summed E-state index contributed by atoms with van der Waals surface area (Å²) in [6.07, 6.45) is 3.35. The van der Waals surface area contributed by atoms with Crippen LogP contribution < -0.4 is 10.9 Å². The van der Waals surface area contributed by atoms with E-state index >= 15 is 0 Å². The van der Waals surface area contributed by atoms with Crippen LogP contribution in [0.5, 0.6) is 0 Å². The summed E-state index contributed by atoms with van der Waals surface area (Å²) in [4.78, 5) is 33.8. The molecule has 0 atom stereocenters. The highest BCUT2D eigenvalue weighted by molar-refractivity contribution is 6.30. The summed E-state index contributed by atoms with van der Waals surface area (Å²) in [5.41, 5.74) is 3.14. The van der Waals surface area contributed by atoms with Crippen LogP contribution in [-0.2, 0) is 6.54 Å². The molecule has 2 N–H and O–H groups in total. The molecule has 0 saturated heterocycles. The van der Waals surface area contributed by atoms with Crippen molar-refractivity contribution in [3.05, 3.63) is 98.9 Å². The van der Waals surface area contributed by atoms with Crippen LogP contribution in [0.2, 0.25) is 5.15 Å². The lowest BCUT2D eigenvalue weighted by Gasteiger charge is -2.14. The zero-order chi connectivity index (χ0) is 25.0. The van der Waals surface area contributed by atoms with Crippen LogP contribution in [0, 0.1) is 12.7 Å². The normalized spacial score (nSPS) is 13.4. The van der Waals surface area contributed by atoms with Gasteiger partial charge >= 0.3 is 0 Å². The fourth-order valence-electron chi connectivity index (χ4n) is 4.67. The molecule has 0 bridgehead atoms. The maximum absolute atomic E-state index is 14.9. The number of hydrogen-bond acceptors (Lipinski definition) is 3. The summed E-state index contributed by atoms with van der Waals surface area (Å²) in [5, 5.41) is 4.87. The third-order valence-corrected chi connectivity index (χ3v) is 6.96. The maximum Gasteiger partial charge on any atom is 0.268 e.